The smallest absolute Gasteiger partial charge is 0.108 e. The molecule has 0 aliphatic carbocycles. The van der Waals surface area contributed by atoms with Crippen LogP contribution in [0.4, 0.5) is 0 Å². The molecule has 3 aromatic rings. The third-order valence-corrected chi connectivity index (χ3v) is 3.82. The van der Waals surface area contributed by atoms with Crippen LogP contribution in [0.1, 0.15) is 23.9 Å². The van der Waals surface area contributed by atoms with Gasteiger partial charge in [-0.2, -0.15) is 0 Å². The van der Waals surface area contributed by atoms with Crippen molar-refractivity contribution in [1.29, 1.82) is 0 Å². The Balaban J connectivity index is 1.79. The Morgan fingerprint density at radius 3 is 2.62 bits per heavy atom. The summed E-state index contributed by atoms with van der Waals surface area (Å²) in [6.07, 6.45) is 9.21. The molecule has 0 bridgehead atoms. The molecule has 0 spiro atoms. The fraction of sp³-hybridized carbons (Fsp3) is 0.312. The third kappa shape index (κ3) is 2.92. The van der Waals surface area contributed by atoms with Crippen molar-refractivity contribution in [3.05, 3.63) is 54.4 Å². The minimum absolute atomic E-state index is 0.285. The molecule has 0 saturated carbocycles. The fourth-order valence-corrected chi connectivity index (χ4v) is 2.59. The van der Waals surface area contributed by atoms with Crippen molar-refractivity contribution >= 4 is 11.0 Å². The Hall–Kier alpha value is -2.27. The van der Waals surface area contributed by atoms with Gasteiger partial charge in [-0.05, 0) is 31.2 Å². The molecule has 108 valence electrons. The summed E-state index contributed by atoms with van der Waals surface area (Å²) < 4.78 is 2.07. The number of fused-ring (bicyclic) bond motifs is 1. The average Bonchev–Trinajstić information content (AvgIpc) is 2.93. The van der Waals surface area contributed by atoms with Crippen LogP contribution in [0.2, 0.25) is 0 Å². The number of aryl methyl sites for hydroxylation is 2. The molecule has 0 aliphatic heterocycles. The van der Waals surface area contributed by atoms with Crippen molar-refractivity contribution in [2.24, 2.45) is 7.05 Å². The van der Waals surface area contributed by atoms with Gasteiger partial charge in [-0.3, -0.25) is 9.97 Å². The molecule has 0 aliphatic rings. The Kier molecular flexibility index (Phi) is 3.92. The van der Waals surface area contributed by atoms with Crippen molar-refractivity contribution in [2.75, 3.05) is 7.05 Å². The maximum Gasteiger partial charge on any atom is 0.108 e. The number of aromatic nitrogens is 4. The molecule has 0 radical (unpaired) electrons. The Morgan fingerprint density at radius 1 is 1.10 bits per heavy atom. The first-order chi connectivity index (χ1) is 10.3. The van der Waals surface area contributed by atoms with E-state index in [0.717, 1.165) is 29.7 Å². The zero-order valence-electron chi connectivity index (χ0n) is 12.3. The van der Waals surface area contributed by atoms with Crippen LogP contribution in [0.3, 0.4) is 0 Å². The highest BCUT2D eigenvalue weighted by Crippen LogP contribution is 2.21. The molecule has 1 aromatic carbocycles. The van der Waals surface area contributed by atoms with Gasteiger partial charge in [0.2, 0.25) is 0 Å². The molecular formula is C16H19N5. The van der Waals surface area contributed by atoms with Crippen LogP contribution in [0.25, 0.3) is 11.0 Å². The third-order valence-electron chi connectivity index (χ3n) is 3.82. The predicted octanol–water partition coefficient (Wildman–Crippen LogP) is 2.26. The zero-order valence-corrected chi connectivity index (χ0v) is 12.3. The molecule has 3 rings (SSSR count). The van der Waals surface area contributed by atoms with Gasteiger partial charge in [0.05, 0.1) is 11.0 Å². The normalized spacial score (nSPS) is 12.7. The highest BCUT2D eigenvalue weighted by molar-refractivity contribution is 5.74. The number of hydrogen-bond acceptors (Lipinski definition) is 4. The Bertz CT molecular complexity index is 734. The Labute approximate surface area is 124 Å². The maximum absolute atomic E-state index is 4.38. The number of rotatable bonds is 5. The summed E-state index contributed by atoms with van der Waals surface area (Å²) in [4.78, 5) is 13.1. The van der Waals surface area contributed by atoms with Gasteiger partial charge < -0.3 is 9.88 Å². The molecule has 0 saturated heterocycles. The highest BCUT2D eigenvalue weighted by atomic mass is 15.0. The quantitative estimate of drug-likeness (QED) is 0.779. The number of nitrogens with zero attached hydrogens (tertiary/aromatic N) is 4. The van der Waals surface area contributed by atoms with Gasteiger partial charge in [-0.15, -0.1) is 0 Å². The lowest BCUT2D eigenvalue weighted by atomic mass is 10.0. The van der Waals surface area contributed by atoms with Crippen LogP contribution < -0.4 is 5.32 Å². The molecule has 0 amide bonds. The summed E-state index contributed by atoms with van der Waals surface area (Å²) in [6.45, 7) is 0. The van der Waals surface area contributed by atoms with Gasteiger partial charge in [-0.1, -0.05) is 6.07 Å². The van der Waals surface area contributed by atoms with Crippen LogP contribution in [0.5, 0.6) is 0 Å². The van der Waals surface area contributed by atoms with E-state index in [9.17, 15) is 0 Å². The average molecular weight is 281 g/mol. The molecule has 0 fully saturated rings. The fourth-order valence-electron chi connectivity index (χ4n) is 2.59. The van der Waals surface area contributed by atoms with Gasteiger partial charge in [0.1, 0.15) is 5.82 Å². The molecule has 5 nitrogen and oxygen atoms in total. The monoisotopic (exact) mass is 281 g/mol. The molecule has 2 aromatic heterocycles. The van der Waals surface area contributed by atoms with Crippen molar-refractivity contribution in [1.82, 2.24) is 24.8 Å². The molecule has 1 N–H and O–H groups in total. The second kappa shape index (κ2) is 6.01. The number of benzene rings is 1. The SMILES string of the molecule is CNC(CCc1nccn1C)c1ccc2nccnc2c1. The number of nitrogens with one attached hydrogen (secondary N) is 1. The van der Waals surface area contributed by atoms with Crippen LogP contribution in [0, 0.1) is 0 Å². The van der Waals surface area contributed by atoms with Crippen LogP contribution >= 0.6 is 0 Å². The topological polar surface area (TPSA) is 55.6 Å². The first-order valence-corrected chi connectivity index (χ1v) is 7.12. The second-order valence-corrected chi connectivity index (χ2v) is 5.14. The van der Waals surface area contributed by atoms with Gasteiger partial charge in [0.25, 0.3) is 0 Å². The van der Waals surface area contributed by atoms with Crippen LogP contribution in [0.15, 0.2) is 43.0 Å². The van der Waals surface area contributed by atoms with E-state index in [-0.39, 0.29) is 6.04 Å². The summed E-state index contributed by atoms with van der Waals surface area (Å²) >= 11 is 0. The maximum atomic E-state index is 4.38. The van der Waals surface area contributed by atoms with Crippen molar-refractivity contribution in [3.63, 3.8) is 0 Å². The van der Waals surface area contributed by atoms with Crippen molar-refractivity contribution in [3.8, 4) is 0 Å². The predicted molar refractivity (Wildman–Crippen MR) is 82.9 cm³/mol. The van der Waals surface area contributed by atoms with E-state index in [1.165, 1.54) is 5.56 Å². The van der Waals surface area contributed by atoms with Gasteiger partial charge >= 0.3 is 0 Å². The standard InChI is InChI=1S/C16H19N5/c1-17-13(5-6-16-20-9-10-21(16)2)12-3-4-14-15(11-12)19-8-7-18-14/h3-4,7-11,13,17H,5-6H2,1-2H3. The van der Waals surface area contributed by atoms with Crippen molar-refractivity contribution in [2.45, 2.75) is 18.9 Å². The molecule has 1 unspecified atom stereocenters. The number of hydrogen-bond donors (Lipinski definition) is 1. The molecule has 5 heteroatoms. The Morgan fingerprint density at radius 2 is 1.90 bits per heavy atom. The van der Waals surface area contributed by atoms with Gasteiger partial charge in [-0.25, -0.2) is 4.98 Å². The molecular weight excluding hydrogens is 262 g/mol. The van der Waals surface area contributed by atoms with Crippen LogP contribution in [-0.2, 0) is 13.5 Å². The lowest BCUT2D eigenvalue weighted by Crippen LogP contribution is -2.17. The molecule has 2 heterocycles. The lowest BCUT2D eigenvalue weighted by Gasteiger charge is -2.16. The first-order valence-electron chi connectivity index (χ1n) is 7.12. The van der Waals surface area contributed by atoms with E-state index >= 15 is 0 Å². The summed E-state index contributed by atoms with van der Waals surface area (Å²) in [7, 11) is 4.02. The van der Waals surface area contributed by atoms with E-state index in [2.05, 4.69) is 37.0 Å². The summed E-state index contributed by atoms with van der Waals surface area (Å²) in [6, 6.07) is 6.55. The summed E-state index contributed by atoms with van der Waals surface area (Å²) in [5.74, 6) is 1.11. The van der Waals surface area contributed by atoms with E-state index in [1.54, 1.807) is 12.4 Å². The molecule has 21 heavy (non-hydrogen) atoms. The molecule has 1 atom stereocenters. The summed E-state index contributed by atoms with van der Waals surface area (Å²) in [5.41, 5.74) is 3.10. The minimum atomic E-state index is 0.285. The lowest BCUT2D eigenvalue weighted by molar-refractivity contribution is 0.536. The van der Waals surface area contributed by atoms with Gasteiger partial charge in [0, 0.05) is 44.3 Å². The summed E-state index contributed by atoms with van der Waals surface area (Å²) in [5, 5.41) is 3.38. The van der Waals surface area contributed by atoms with E-state index in [0.29, 0.717) is 0 Å². The highest BCUT2D eigenvalue weighted by Gasteiger charge is 2.12. The van der Waals surface area contributed by atoms with E-state index in [4.69, 9.17) is 0 Å². The largest absolute Gasteiger partial charge is 0.338 e. The first kappa shape index (κ1) is 13.7. The second-order valence-electron chi connectivity index (χ2n) is 5.14. The van der Waals surface area contributed by atoms with Crippen LogP contribution in [-0.4, -0.2) is 26.6 Å². The van der Waals surface area contributed by atoms with E-state index < -0.39 is 0 Å². The van der Waals surface area contributed by atoms with Gasteiger partial charge in [0.15, 0.2) is 0 Å². The van der Waals surface area contributed by atoms with Crippen molar-refractivity contribution < 1.29 is 0 Å². The zero-order chi connectivity index (χ0) is 14.7. The van der Waals surface area contributed by atoms with E-state index in [1.807, 2.05) is 32.6 Å². The minimum Gasteiger partial charge on any atom is -0.338 e. The number of imidazole rings is 1.